The van der Waals surface area contributed by atoms with Crippen LogP contribution >= 0.6 is 0 Å². The maximum atomic E-state index is 3.54. The first kappa shape index (κ1) is 11.9. The zero-order valence-corrected chi connectivity index (χ0v) is 11.4. The summed E-state index contributed by atoms with van der Waals surface area (Å²) in [6.45, 7) is 12.6. The third kappa shape index (κ3) is 2.38. The molecule has 3 fully saturated rings. The van der Waals surface area contributed by atoms with Crippen LogP contribution in [0, 0.1) is 11.8 Å². The molecule has 2 unspecified atom stereocenters. The highest BCUT2D eigenvalue weighted by atomic mass is 15.3. The predicted molar refractivity (Wildman–Crippen MR) is 71.2 cm³/mol. The fourth-order valence-electron chi connectivity index (χ4n) is 3.91. The number of hydrogen-bond donors (Lipinski definition) is 1. The Hall–Kier alpha value is -0.120. The lowest BCUT2D eigenvalue weighted by molar-refractivity contribution is 0.0461. The van der Waals surface area contributed by atoms with Crippen molar-refractivity contribution in [3.05, 3.63) is 0 Å². The van der Waals surface area contributed by atoms with E-state index in [1.807, 2.05) is 0 Å². The molecule has 0 aromatic heterocycles. The molecule has 3 aliphatic rings. The molecule has 4 atom stereocenters. The average Bonchev–Trinajstić information content (AvgIpc) is 2.89. The van der Waals surface area contributed by atoms with Crippen molar-refractivity contribution >= 4 is 0 Å². The number of hydrogen-bond acceptors (Lipinski definition) is 3. The molecule has 3 rings (SSSR count). The van der Waals surface area contributed by atoms with E-state index in [1.165, 1.54) is 52.1 Å². The fourth-order valence-corrected chi connectivity index (χ4v) is 3.91. The van der Waals surface area contributed by atoms with E-state index in [-0.39, 0.29) is 0 Å². The largest absolute Gasteiger partial charge is 0.316 e. The summed E-state index contributed by atoms with van der Waals surface area (Å²) in [7, 11) is 0. The predicted octanol–water partition coefficient (Wildman–Crippen LogP) is 1.01. The van der Waals surface area contributed by atoms with Crippen molar-refractivity contribution < 1.29 is 0 Å². The first-order valence-electron chi connectivity index (χ1n) is 7.43. The fraction of sp³-hybridized carbons (Fsp3) is 1.00. The van der Waals surface area contributed by atoms with Crippen molar-refractivity contribution in [2.45, 2.75) is 38.8 Å². The molecule has 0 saturated carbocycles. The van der Waals surface area contributed by atoms with Gasteiger partial charge in [-0.25, -0.2) is 0 Å². The van der Waals surface area contributed by atoms with Crippen molar-refractivity contribution in [3.8, 4) is 0 Å². The summed E-state index contributed by atoms with van der Waals surface area (Å²) in [4.78, 5) is 5.48. The van der Waals surface area contributed by atoms with Crippen LogP contribution in [0.3, 0.4) is 0 Å². The monoisotopic (exact) mass is 237 g/mol. The number of fused-ring (bicyclic) bond motifs is 1. The van der Waals surface area contributed by atoms with Gasteiger partial charge in [0.1, 0.15) is 0 Å². The van der Waals surface area contributed by atoms with Gasteiger partial charge < -0.3 is 5.32 Å². The molecule has 3 heterocycles. The van der Waals surface area contributed by atoms with Crippen LogP contribution in [0.4, 0.5) is 0 Å². The molecule has 98 valence electrons. The summed E-state index contributed by atoms with van der Waals surface area (Å²) in [5.41, 5.74) is 0. The second-order valence-corrected chi connectivity index (χ2v) is 6.49. The van der Waals surface area contributed by atoms with Gasteiger partial charge in [-0.2, -0.15) is 0 Å². The van der Waals surface area contributed by atoms with Gasteiger partial charge in [-0.1, -0.05) is 6.92 Å². The van der Waals surface area contributed by atoms with Gasteiger partial charge >= 0.3 is 0 Å². The van der Waals surface area contributed by atoms with Gasteiger partial charge in [-0.3, -0.25) is 9.80 Å². The molecule has 3 nitrogen and oxygen atoms in total. The number of nitrogens with zero attached hydrogens (tertiary/aromatic N) is 2. The highest BCUT2D eigenvalue weighted by Gasteiger charge is 2.36. The van der Waals surface area contributed by atoms with Crippen molar-refractivity contribution in [2.75, 3.05) is 39.3 Å². The lowest BCUT2D eigenvalue weighted by atomic mass is 9.96. The number of nitrogens with one attached hydrogen (secondary N) is 1. The Morgan fingerprint density at radius 3 is 2.82 bits per heavy atom. The summed E-state index contributed by atoms with van der Waals surface area (Å²) >= 11 is 0. The highest BCUT2D eigenvalue weighted by Crippen LogP contribution is 2.26. The number of piperazine rings is 1. The summed E-state index contributed by atoms with van der Waals surface area (Å²) < 4.78 is 0. The van der Waals surface area contributed by atoms with Gasteiger partial charge in [-0.15, -0.1) is 0 Å². The Morgan fingerprint density at radius 2 is 2.06 bits per heavy atom. The SMILES string of the molecule is CC1CN2CCCC2CN1C[C@@H]1CNC[C@H]1C. The summed E-state index contributed by atoms with van der Waals surface area (Å²) in [6.07, 6.45) is 2.86. The summed E-state index contributed by atoms with van der Waals surface area (Å²) in [5, 5.41) is 3.54. The molecule has 1 N–H and O–H groups in total. The smallest absolute Gasteiger partial charge is 0.0224 e. The molecule has 0 bridgehead atoms. The van der Waals surface area contributed by atoms with Crippen molar-refractivity contribution in [3.63, 3.8) is 0 Å². The second-order valence-electron chi connectivity index (χ2n) is 6.49. The van der Waals surface area contributed by atoms with Crippen LogP contribution in [-0.4, -0.2) is 61.2 Å². The topological polar surface area (TPSA) is 18.5 Å². The van der Waals surface area contributed by atoms with E-state index in [0.29, 0.717) is 0 Å². The molecule has 3 heteroatoms. The van der Waals surface area contributed by atoms with Crippen LogP contribution in [0.5, 0.6) is 0 Å². The lowest BCUT2D eigenvalue weighted by Gasteiger charge is -2.43. The van der Waals surface area contributed by atoms with E-state index in [1.54, 1.807) is 0 Å². The summed E-state index contributed by atoms with van der Waals surface area (Å²) in [5.74, 6) is 1.74. The zero-order valence-electron chi connectivity index (χ0n) is 11.4. The molecule has 3 aliphatic heterocycles. The molecule has 17 heavy (non-hydrogen) atoms. The van der Waals surface area contributed by atoms with Crippen LogP contribution in [-0.2, 0) is 0 Å². The van der Waals surface area contributed by atoms with Gasteiger partial charge in [0.2, 0.25) is 0 Å². The Kier molecular flexibility index (Phi) is 3.42. The van der Waals surface area contributed by atoms with E-state index in [4.69, 9.17) is 0 Å². The van der Waals surface area contributed by atoms with E-state index in [9.17, 15) is 0 Å². The van der Waals surface area contributed by atoms with Crippen molar-refractivity contribution in [1.82, 2.24) is 15.1 Å². The van der Waals surface area contributed by atoms with Crippen LogP contribution < -0.4 is 5.32 Å². The summed E-state index contributed by atoms with van der Waals surface area (Å²) in [6, 6.07) is 1.63. The van der Waals surface area contributed by atoms with Crippen LogP contribution in [0.2, 0.25) is 0 Å². The average molecular weight is 237 g/mol. The Balaban J connectivity index is 1.59. The maximum absolute atomic E-state index is 3.54. The molecular formula is C14H27N3. The van der Waals surface area contributed by atoms with Crippen molar-refractivity contribution in [2.24, 2.45) is 11.8 Å². The van der Waals surface area contributed by atoms with Crippen molar-refractivity contribution in [1.29, 1.82) is 0 Å². The van der Waals surface area contributed by atoms with Crippen LogP contribution in [0.25, 0.3) is 0 Å². The normalized spacial score (nSPS) is 44.1. The third-order valence-corrected chi connectivity index (χ3v) is 5.21. The minimum absolute atomic E-state index is 0.761. The molecule has 0 aliphatic carbocycles. The maximum Gasteiger partial charge on any atom is 0.0224 e. The number of rotatable bonds is 2. The molecule has 0 spiro atoms. The Bertz CT molecular complexity index is 268. The van der Waals surface area contributed by atoms with Gasteiger partial charge in [0.05, 0.1) is 0 Å². The van der Waals surface area contributed by atoms with E-state index in [2.05, 4.69) is 29.0 Å². The molecule has 0 amide bonds. The highest BCUT2D eigenvalue weighted by molar-refractivity contribution is 4.92. The zero-order chi connectivity index (χ0) is 11.8. The standard InChI is InChI=1S/C14H27N3/c1-11-6-15-7-13(11)9-17-10-14-4-3-5-16(14)8-12(17)2/h11-15H,3-10H2,1-2H3/t11-,12?,13+,14?/m1/s1. The quantitative estimate of drug-likeness (QED) is 0.773. The van der Waals surface area contributed by atoms with Crippen LogP contribution in [0.1, 0.15) is 26.7 Å². The second kappa shape index (κ2) is 4.87. The van der Waals surface area contributed by atoms with Gasteiger partial charge in [-0.05, 0) is 51.2 Å². The minimum atomic E-state index is 0.761. The van der Waals surface area contributed by atoms with Gasteiger partial charge in [0, 0.05) is 31.7 Å². The lowest BCUT2D eigenvalue weighted by Crippen LogP contribution is -2.56. The first-order chi connectivity index (χ1) is 8.24. The van der Waals surface area contributed by atoms with Crippen LogP contribution in [0.15, 0.2) is 0 Å². The minimum Gasteiger partial charge on any atom is -0.316 e. The van der Waals surface area contributed by atoms with E-state index in [0.717, 1.165) is 23.9 Å². The van der Waals surface area contributed by atoms with Gasteiger partial charge in [0.15, 0.2) is 0 Å². The molecule has 0 aromatic rings. The van der Waals surface area contributed by atoms with E-state index >= 15 is 0 Å². The molecular weight excluding hydrogens is 210 g/mol. The van der Waals surface area contributed by atoms with E-state index < -0.39 is 0 Å². The molecule has 0 aromatic carbocycles. The first-order valence-corrected chi connectivity index (χ1v) is 7.43. The molecule has 3 saturated heterocycles. The Labute approximate surface area is 106 Å². The molecule has 0 radical (unpaired) electrons. The third-order valence-electron chi connectivity index (χ3n) is 5.21. The Morgan fingerprint density at radius 1 is 1.18 bits per heavy atom. The van der Waals surface area contributed by atoms with Gasteiger partial charge in [0.25, 0.3) is 0 Å².